The molecule has 1 N–H and O–H groups in total. The number of nitrogens with one attached hydrogen (secondary N) is 1. The molecule has 0 aliphatic carbocycles. The predicted molar refractivity (Wildman–Crippen MR) is 65.2 cm³/mol. The second kappa shape index (κ2) is 4.49. The predicted octanol–water partition coefficient (Wildman–Crippen LogP) is 2.42. The maximum atomic E-state index is 3.20. The van der Waals surface area contributed by atoms with E-state index in [-0.39, 0.29) is 0 Å². The highest BCUT2D eigenvalue weighted by molar-refractivity contribution is 5.83. The molecule has 1 aromatic carbocycles. The normalized spacial score (nSPS) is 11.1. The fourth-order valence-corrected chi connectivity index (χ4v) is 2.04. The quantitative estimate of drug-likeness (QED) is 0.805. The van der Waals surface area contributed by atoms with Crippen LogP contribution in [0.4, 0.5) is 0 Å². The molecule has 0 aliphatic rings. The summed E-state index contributed by atoms with van der Waals surface area (Å²) in [7, 11) is 2.00. The summed E-state index contributed by atoms with van der Waals surface area (Å²) in [5.74, 6) is 0. The minimum Gasteiger partial charge on any atom is -0.347 e. The standard InChI is InChI=1S/C13H18N2/c1-3-15-10-11(8-9-14-2)12-6-4-5-7-13(12)15/h4-7,10,14H,3,8-9H2,1-2H3. The number of aryl methyl sites for hydroxylation is 1. The van der Waals surface area contributed by atoms with Crippen molar-refractivity contribution in [2.75, 3.05) is 13.6 Å². The van der Waals surface area contributed by atoms with E-state index in [0.29, 0.717) is 0 Å². The molecule has 2 nitrogen and oxygen atoms in total. The first kappa shape index (κ1) is 10.2. The van der Waals surface area contributed by atoms with E-state index in [4.69, 9.17) is 0 Å². The summed E-state index contributed by atoms with van der Waals surface area (Å²) < 4.78 is 2.32. The molecule has 0 bridgehead atoms. The Hall–Kier alpha value is -1.28. The van der Waals surface area contributed by atoms with Crippen LogP contribution in [0.15, 0.2) is 30.5 Å². The highest BCUT2D eigenvalue weighted by Gasteiger charge is 2.05. The monoisotopic (exact) mass is 202 g/mol. The van der Waals surface area contributed by atoms with Gasteiger partial charge in [-0.1, -0.05) is 18.2 Å². The molecule has 1 aromatic heterocycles. The smallest absolute Gasteiger partial charge is 0.0483 e. The van der Waals surface area contributed by atoms with Crippen molar-refractivity contribution in [1.29, 1.82) is 0 Å². The van der Waals surface area contributed by atoms with E-state index in [0.717, 1.165) is 19.5 Å². The zero-order valence-electron chi connectivity index (χ0n) is 9.46. The average molecular weight is 202 g/mol. The first-order chi connectivity index (χ1) is 7.36. The van der Waals surface area contributed by atoms with E-state index in [1.54, 1.807) is 0 Å². The summed E-state index contributed by atoms with van der Waals surface area (Å²) in [6.45, 7) is 4.27. The molecule has 2 aromatic rings. The zero-order valence-corrected chi connectivity index (χ0v) is 9.46. The van der Waals surface area contributed by atoms with Gasteiger partial charge in [-0.2, -0.15) is 0 Å². The van der Waals surface area contributed by atoms with Crippen molar-refractivity contribution >= 4 is 10.9 Å². The topological polar surface area (TPSA) is 17.0 Å². The van der Waals surface area contributed by atoms with Gasteiger partial charge in [0, 0.05) is 23.6 Å². The highest BCUT2D eigenvalue weighted by atomic mass is 14.9. The molecule has 15 heavy (non-hydrogen) atoms. The molecule has 0 spiro atoms. The van der Waals surface area contributed by atoms with Crippen molar-refractivity contribution in [3.8, 4) is 0 Å². The van der Waals surface area contributed by atoms with Crippen LogP contribution < -0.4 is 5.32 Å². The summed E-state index contributed by atoms with van der Waals surface area (Å²) in [6, 6.07) is 8.63. The van der Waals surface area contributed by atoms with Gasteiger partial charge in [-0.25, -0.2) is 0 Å². The molecule has 1 heterocycles. The van der Waals surface area contributed by atoms with Crippen LogP contribution in [0.25, 0.3) is 10.9 Å². The van der Waals surface area contributed by atoms with Crippen LogP contribution in [-0.2, 0) is 13.0 Å². The van der Waals surface area contributed by atoms with E-state index < -0.39 is 0 Å². The lowest BCUT2D eigenvalue weighted by Gasteiger charge is -1.98. The summed E-state index contributed by atoms with van der Waals surface area (Å²) in [6.07, 6.45) is 3.38. The largest absolute Gasteiger partial charge is 0.347 e. The molecule has 2 rings (SSSR count). The van der Waals surface area contributed by atoms with Gasteiger partial charge in [-0.3, -0.25) is 0 Å². The lowest BCUT2D eigenvalue weighted by Crippen LogP contribution is -2.09. The number of hydrogen-bond donors (Lipinski definition) is 1. The van der Waals surface area contributed by atoms with Crippen LogP contribution >= 0.6 is 0 Å². The molecule has 0 amide bonds. The van der Waals surface area contributed by atoms with Crippen molar-refractivity contribution in [3.63, 3.8) is 0 Å². The van der Waals surface area contributed by atoms with Crippen molar-refractivity contribution in [3.05, 3.63) is 36.0 Å². The SMILES string of the molecule is CCn1cc(CCNC)c2ccccc21. The Morgan fingerprint density at radius 3 is 2.80 bits per heavy atom. The lowest BCUT2D eigenvalue weighted by molar-refractivity contribution is 0.770. The Kier molecular flexibility index (Phi) is 3.07. The molecule has 2 heteroatoms. The average Bonchev–Trinajstić information content (AvgIpc) is 2.65. The highest BCUT2D eigenvalue weighted by Crippen LogP contribution is 2.21. The van der Waals surface area contributed by atoms with Crippen molar-refractivity contribution in [2.45, 2.75) is 19.9 Å². The third-order valence-corrected chi connectivity index (χ3v) is 2.86. The molecular weight excluding hydrogens is 184 g/mol. The Balaban J connectivity index is 2.45. The number of rotatable bonds is 4. The molecule has 0 saturated carbocycles. The number of likely N-dealkylation sites (N-methyl/N-ethyl adjacent to an activating group) is 1. The lowest BCUT2D eigenvalue weighted by atomic mass is 10.1. The van der Waals surface area contributed by atoms with Gasteiger partial charge < -0.3 is 9.88 Å². The first-order valence-corrected chi connectivity index (χ1v) is 5.58. The Bertz CT molecular complexity index is 443. The van der Waals surface area contributed by atoms with Crippen LogP contribution in [0.1, 0.15) is 12.5 Å². The van der Waals surface area contributed by atoms with Gasteiger partial charge in [-0.15, -0.1) is 0 Å². The Labute approximate surface area is 90.9 Å². The third-order valence-electron chi connectivity index (χ3n) is 2.86. The summed E-state index contributed by atoms with van der Waals surface area (Å²) >= 11 is 0. The van der Waals surface area contributed by atoms with Crippen LogP contribution in [-0.4, -0.2) is 18.2 Å². The molecule has 0 unspecified atom stereocenters. The van der Waals surface area contributed by atoms with E-state index in [1.165, 1.54) is 16.5 Å². The van der Waals surface area contributed by atoms with Gasteiger partial charge in [0.25, 0.3) is 0 Å². The Morgan fingerprint density at radius 2 is 2.07 bits per heavy atom. The molecule has 0 atom stereocenters. The van der Waals surface area contributed by atoms with E-state index in [9.17, 15) is 0 Å². The van der Waals surface area contributed by atoms with E-state index in [1.807, 2.05) is 7.05 Å². The van der Waals surface area contributed by atoms with Gasteiger partial charge in [0.1, 0.15) is 0 Å². The van der Waals surface area contributed by atoms with Gasteiger partial charge in [0.2, 0.25) is 0 Å². The zero-order chi connectivity index (χ0) is 10.7. The molecule has 0 radical (unpaired) electrons. The summed E-state index contributed by atoms with van der Waals surface area (Å²) in [5, 5.41) is 4.60. The van der Waals surface area contributed by atoms with Crippen LogP contribution in [0.2, 0.25) is 0 Å². The third kappa shape index (κ3) is 1.90. The first-order valence-electron chi connectivity index (χ1n) is 5.58. The fourth-order valence-electron chi connectivity index (χ4n) is 2.04. The molecular formula is C13H18N2. The molecule has 80 valence electrons. The second-order valence-electron chi connectivity index (χ2n) is 3.81. The number of para-hydroxylation sites is 1. The fraction of sp³-hybridized carbons (Fsp3) is 0.385. The minimum atomic E-state index is 1.04. The van der Waals surface area contributed by atoms with Gasteiger partial charge in [-0.05, 0) is 38.6 Å². The van der Waals surface area contributed by atoms with Crippen LogP contribution in [0.5, 0.6) is 0 Å². The second-order valence-corrected chi connectivity index (χ2v) is 3.81. The minimum absolute atomic E-state index is 1.04. The Morgan fingerprint density at radius 1 is 1.27 bits per heavy atom. The summed E-state index contributed by atoms with van der Waals surface area (Å²) in [4.78, 5) is 0. The van der Waals surface area contributed by atoms with Gasteiger partial charge >= 0.3 is 0 Å². The number of aromatic nitrogens is 1. The number of hydrogen-bond acceptors (Lipinski definition) is 1. The molecule has 0 fully saturated rings. The van der Waals surface area contributed by atoms with Gasteiger partial charge in [0.05, 0.1) is 0 Å². The van der Waals surface area contributed by atoms with E-state index in [2.05, 4.69) is 47.3 Å². The van der Waals surface area contributed by atoms with Crippen molar-refractivity contribution < 1.29 is 0 Å². The maximum Gasteiger partial charge on any atom is 0.0483 e. The number of benzene rings is 1. The van der Waals surface area contributed by atoms with Gasteiger partial charge in [0.15, 0.2) is 0 Å². The molecule has 0 saturated heterocycles. The van der Waals surface area contributed by atoms with Crippen molar-refractivity contribution in [2.24, 2.45) is 0 Å². The number of fused-ring (bicyclic) bond motifs is 1. The summed E-state index contributed by atoms with van der Waals surface area (Å²) in [5.41, 5.74) is 2.80. The van der Waals surface area contributed by atoms with E-state index >= 15 is 0 Å². The number of nitrogens with zero attached hydrogens (tertiary/aromatic N) is 1. The van der Waals surface area contributed by atoms with Crippen molar-refractivity contribution in [1.82, 2.24) is 9.88 Å². The van der Waals surface area contributed by atoms with Crippen LogP contribution in [0.3, 0.4) is 0 Å². The van der Waals surface area contributed by atoms with Crippen LogP contribution in [0, 0.1) is 0 Å². The maximum absolute atomic E-state index is 3.20. The molecule has 0 aliphatic heterocycles.